The third-order valence-corrected chi connectivity index (χ3v) is 4.51. The van der Waals surface area contributed by atoms with Gasteiger partial charge in [0.05, 0.1) is 0 Å². The zero-order valence-electron chi connectivity index (χ0n) is 13.7. The Hall–Kier alpha value is -1.35. The summed E-state index contributed by atoms with van der Waals surface area (Å²) in [6.07, 6.45) is 2.61. The molecule has 2 N–H and O–H groups in total. The van der Waals surface area contributed by atoms with Crippen LogP contribution in [0.1, 0.15) is 57.7 Å². The van der Waals surface area contributed by atoms with Crippen LogP contribution in [-0.4, -0.2) is 18.5 Å². The largest absolute Gasteiger partial charge is 0.354 e. The van der Waals surface area contributed by atoms with E-state index in [9.17, 15) is 4.79 Å². The monoisotopic (exact) mass is 288 g/mol. The van der Waals surface area contributed by atoms with Crippen LogP contribution in [0.5, 0.6) is 0 Å². The molecule has 0 heterocycles. The van der Waals surface area contributed by atoms with Gasteiger partial charge < -0.3 is 10.6 Å². The predicted octanol–water partition coefficient (Wildman–Crippen LogP) is 3.20. The molecule has 0 aromatic heterocycles. The minimum absolute atomic E-state index is 0.140. The van der Waals surface area contributed by atoms with Gasteiger partial charge in [0.2, 0.25) is 5.91 Å². The maximum Gasteiger partial charge on any atom is 0.221 e. The summed E-state index contributed by atoms with van der Waals surface area (Å²) in [5.41, 5.74) is 3.03. The quantitative estimate of drug-likeness (QED) is 0.844. The summed E-state index contributed by atoms with van der Waals surface area (Å²) in [6, 6.07) is 9.24. The number of fused-ring (bicyclic) bond motifs is 1. The van der Waals surface area contributed by atoms with Crippen LogP contribution in [-0.2, 0) is 11.2 Å². The van der Waals surface area contributed by atoms with Crippen molar-refractivity contribution < 1.29 is 4.79 Å². The lowest BCUT2D eigenvalue weighted by Crippen LogP contribution is -2.36. The van der Waals surface area contributed by atoms with E-state index >= 15 is 0 Å². The third-order valence-electron chi connectivity index (χ3n) is 4.51. The molecule has 1 aromatic carbocycles. The normalized spacial score (nSPS) is 20.9. The average Bonchev–Trinajstić information content (AvgIpc) is 2.69. The summed E-state index contributed by atoms with van der Waals surface area (Å²) >= 11 is 0. The van der Waals surface area contributed by atoms with Gasteiger partial charge in [0.25, 0.3) is 0 Å². The van der Waals surface area contributed by atoms with E-state index in [1.807, 2.05) is 6.92 Å². The first-order valence-electron chi connectivity index (χ1n) is 8.04. The second-order valence-electron chi connectivity index (χ2n) is 6.88. The Morgan fingerprint density at radius 3 is 2.81 bits per heavy atom. The van der Waals surface area contributed by atoms with E-state index in [1.165, 1.54) is 11.1 Å². The van der Waals surface area contributed by atoms with Crippen molar-refractivity contribution in [1.82, 2.24) is 10.6 Å². The molecule has 21 heavy (non-hydrogen) atoms. The summed E-state index contributed by atoms with van der Waals surface area (Å²) in [4.78, 5) is 11.8. The predicted molar refractivity (Wildman–Crippen MR) is 87.2 cm³/mol. The van der Waals surface area contributed by atoms with Gasteiger partial charge in [0.15, 0.2) is 0 Å². The number of amides is 1. The second kappa shape index (κ2) is 6.61. The molecule has 2 rings (SSSR count). The molecule has 0 bridgehead atoms. The van der Waals surface area contributed by atoms with E-state index < -0.39 is 0 Å². The van der Waals surface area contributed by atoms with E-state index in [0.717, 1.165) is 19.4 Å². The zero-order valence-corrected chi connectivity index (χ0v) is 13.7. The molecule has 1 aromatic rings. The van der Waals surface area contributed by atoms with Crippen molar-refractivity contribution in [2.75, 3.05) is 6.54 Å². The topological polar surface area (TPSA) is 41.1 Å². The van der Waals surface area contributed by atoms with Gasteiger partial charge in [-0.2, -0.15) is 0 Å². The Morgan fingerprint density at radius 2 is 2.10 bits per heavy atom. The Balaban J connectivity index is 1.89. The van der Waals surface area contributed by atoms with Crippen LogP contribution in [0, 0.1) is 5.41 Å². The number of nitrogens with one attached hydrogen (secondary N) is 2. The molecule has 2 unspecified atom stereocenters. The van der Waals surface area contributed by atoms with Crippen molar-refractivity contribution in [3.63, 3.8) is 0 Å². The van der Waals surface area contributed by atoms with Gasteiger partial charge in [-0.3, -0.25) is 4.79 Å². The Morgan fingerprint density at radius 1 is 1.38 bits per heavy atom. The Labute approximate surface area is 128 Å². The van der Waals surface area contributed by atoms with Crippen molar-refractivity contribution in [3.05, 3.63) is 35.4 Å². The molecule has 0 aliphatic heterocycles. The average molecular weight is 288 g/mol. The molecule has 1 aliphatic carbocycles. The first kappa shape index (κ1) is 16.0. The number of hydrogen-bond acceptors (Lipinski definition) is 2. The van der Waals surface area contributed by atoms with Gasteiger partial charge in [0, 0.05) is 25.0 Å². The maximum absolute atomic E-state index is 11.8. The lowest BCUT2D eigenvalue weighted by atomic mass is 9.85. The Kier molecular flexibility index (Phi) is 5.04. The lowest BCUT2D eigenvalue weighted by molar-refractivity contribution is -0.121. The molecule has 116 valence electrons. The van der Waals surface area contributed by atoms with E-state index in [1.54, 1.807) is 0 Å². The molecule has 3 heteroatoms. The number of carbonyl (C=O) groups is 1. The summed E-state index contributed by atoms with van der Waals surface area (Å²) < 4.78 is 0. The summed E-state index contributed by atoms with van der Waals surface area (Å²) in [5.74, 6) is 0.140. The highest BCUT2D eigenvalue weighted by Crippen LogP contribution is 2.44. The molecular weight excluding hydrogens is 260 g/mol. The fourth-order valence-corrected chi connectivity index (χ4v) is 3.16. The van der Waals surface area contributed by atoms with Crippen LogP contribution < -0.4 is 10.6 Å². The highest BCUT2D eigenvalue weighted by Gasteiger charge is 2.38. The fraction of sp³-hybridized carbons (Fsp3) is 0.611. The van der Waals surface area contributed by atoms with Crippen molar-refractivity contribution >= 4 is 5.91 Å². The zero-order chi connectivity index (χ0) is 15.5. The van der Waals surface area contributed by atoms with E-state index in [4.69, 9.17) is 0 Å². The van der Waals surface area contributed by atoms with Crippen molar-refractivity contribution in [1.29, 1.82) is 0 Å². The molecule has 0 radical (unpaired) electrons. The van der Waals surface area contributed by atoms with Gasteiger partial charge in [0.1, 0.15) is 0 Å². The van der Waals surface area contributed by atoms with Crippen molar-refractivity contribution in [2.45, 2.75) is 59.0 Å². The van der Waals surface area contributed by atoms with Crippen LogP contribution >= 0.6 is 0 Å². The molecule has 0 fully saturated rings. The van der Waals surface area contributed by atoms with Crippen LogP contribution in [0.2, 0.25) is 0 Å². The molecular formula is C18H28N2O. The van der Waals surface area contributed by atoms with Crippen LogP contribution in [0.3, 0.4) is 0 Å². The minimum atomic E-state index is 0.140. The number of rotatable bonds is 6. The summed E-state index contributed by atoms with van der Waals surface area (Å²) in [5, 5.41) is 6.61. The number of benzene rings is 1. The molecule has 0 saturated heterocycles. The SMILES string of the molecule is CCC(C)NC(=O)CCNC1c2ccccc2CC1(C)C. The van der Waals surface area contributed by atoms with Gasteiger partial charge in [-0.1, -0.05) is 45.0 Å². The van der Waals surface area contributed by atoms with Crippen molar-refractivity contribution in [3.8, 4) is 0 Å². The third kappa shape index (κ3) is 3.85. The van der Waals surface area contributed by atoms with E-state index in [-0.39, 0.29) is 17.4 Å². The molecule has 3 nitrogen and oxygen atoms in total. The first-order chi connectivity index (χ1) is 9.94. The smallest absolute Gasteiger partial charge is 0.221 e. The summed E-state index contributed by atoms with van der Waals surface area (Å²) in [6.45, 7) is 9.45. The number of carbonyl (C=O) groups excluding carboxylic acids is 1. The molecule has 1 aliphatic rings. The minimum Gasteiger partial charge on any atom is -0.354 e. The van der Waals surface area contributed by atoms with Gasteiger partial charge in [-0.15, -0.1) is 0 Å². The summed E-state index contributed by atoms with van der Waals surface area (Å²) in [7, 11) is 0. The maximum atomic E-state index is 11.8. The molecule has 0 saturated carbocycles. The Bertz CT molecular complexity index is 496. The first-order valence-corrected chi connectivity index (χ1v) is 8.04. The van der Waals surface area contributed by atoms with Gasteiger partial charge >= 0.3 is 0 Å². The second-order valence-corrected chi connectivity index (χ2v) is 6.88. The van der Waals surface area contributed by atoms with Crippen LogP contribution in [0.4, 0.5) is 0 Å². The standard InChI is InChI=1S/C18H28N2O/c1-5-13(2)20-16(21)10-11-19-17-15-9-7-6-8-14(15)12-18(17,3)4/h6-9,13,17,19H,5,10-12H2,1-4H3,(H,20,21). The van der Waals surface area contributed by atoms with E-state index in [2.05, 4.69) is 55.7 Å². The highest BCUT2D eigenvalue weighted by atomic mass is 16.1. The molecule has 0 spiro atoms. The molecule has 1 amide bonds. The van der Waals surface area contributed by atoms with Gasteiger partial charge in [-0.25, -0.2) is 0 Å². The number of hydrogen-bond donors (Lipinski definition) is 2. The van der Waals surface area contributed by atoms with Crippen LogP contribution in [0.25, 0.3) is 0 Å². The fourth-order valence-electron chi connectivity index (χ4n) is 3.16. The van der Waals surface area contributed by atoms with Gasteiger partial charge in [-0.05, 0) is 36.3 Å². The van der Waals surface area contributed by atoms with Crippen molar-refractivity contribution in [2.24, 2.45) is 5.41 Å². The van der Waals surface area contributed by atoms with Crippen LogP contribution in [0.15, 0.2) is 24.3 Å². The molecule has 2 atom stereocenters. The highest BCUT2D eigenvalue weighted by molar-refractivity contribution is 5.76. The lowest BCUT2D eigenvalue weighted by Gasteiger charge is -2.28. The van der Waals surface area contributed by atoms with E-state index in [0.29, 0.717) is 12.5 Å².